The van der Waals surface area contributed by atoms with Crippen LogP contribution in [0.2, 0.25) is 38.3 Å². The van der Waals surface area contributed by atoms with E-state index in [4.69, 9.17) is 4.12 Å². The van der Waals surface area contributed by atoms with Gasteiger partial charge >= 0.3 is 0 Å². The van der Waals surface area contributed by atoms with E-state index in [2.05, 4.69) is 40.0 Å². The van der Waals surface area contributed by atoms with Crippen LogP contribution in [0.25, 0.3) is 0 Å². The molecule has 3 heteroatoms. The van der Waals surface area contributed by atoms with Gasteiger partial charge in [-0.3, -0.25) is 0 Å². The Labute approximate surface area is 73.4 Å². The van der Waals surface area contributed by atoms with Crippen LogP contribution in [0.15, 0.2) is 0 Å². The minimum Gasteiger partial charge on any atom is -0.456 e. The Balaban J connectivity index is 4.08. The zero-order valence-electron chi connectivity index (χ0n) is 8.82. The van der Waals surface area contributed by atoms with E-state index in [0.29, 0.717) is 0 Å². The third-order valence-corrected chi connectivity index (χ3v) is 9.46. The van der Waals surface area contributed by atoms with Gasteiger partial charge in [0.1, 0.15) is 0 Å². The molecule has 0 aromatic heterocycles. The van der Waals surface area contributed by atoms with Crippen molar-refractivity contribution >= 4 is 16.6 Å². The molecule has 0 aliphatic heterocycles. The van der Waals surface area contributed by atoms with Gasteiger partial charge in [-0.25, -0.2) is 0 Å². The van der Waals surface area contributed by atoms with Crippen LogP contribution < -0.4 is 0 Å². The number of hydrogen-bond acceptors (Lipinski definition) is 1. The quantitative estimate of drug-likeness (QED) is 0.617. The standard InChI is InChI=1S/C8H22OSi2/c1-7-11(6,8-2)9-10(3,4)5/h7-8H2,1-6H3. The van der Waals surface area contributed by atoms with E-state index in [1.54, 1.807) is 0 Å². The summed E-state index contributed by atoms with van der Waals surface area (Å²) in [5.41, 5.74) is 0. The molecule has 0 heterocycles. The molecule has 0 aliphatic rings. The van der Waals surface area contributed by atoms with Crippen molar-refractivity contribution in [3.8, 4) is 0 Å². The highest BCUT2D eigenvalue weighted by molar-refractivity contribution is 6.84. The fourth-order valence-corrected chi connectivity index (χ4v) is 8.70. The van der Waals surface area contributed by atoms with E-state index in [9.17, 15) is 0 Å². The third-order valence-electron chi connectivity index (χ3n) is 2.05. The zero-order chi connectivity index (χ0) is 9.12. The maximum absolute atomic E-state index is 6.20. The molecule has 11 heavy (non-hydrogen) atoms. The number of rotatable bonds is 4. The molecule has 0 atom stereocenters. The van der Waals surface area contributed by atoms with Gasteiger partial charge in [-0.05, 0) is 38.3 Å². The van der Waals surface area contributed by atoms with Gasteiger partial charge in [0.25, 0.3) is 0 Å². The molecule has 0 rings (SSSR count). The monoisotopic (exact) mass is 190 g/mol. The second-order valence-corrected chi connectivity index (χ2v) is 13.7. The molecule has 0 unspecified atom stereocenters. The van der Waals surface area contributed by atoms with Crippen molar-refractivity contribution in [3.05, 3.63) is 0 Å². The van der Waals surface area contributed by atoms with E-state index in [-0.39, 0.29) is 0 Å². The first-order chi connectivity index (χ1) is 4.83. The van der Waals surface area contributed by atoms with Crippen molar-refractivity contribution in [2.45, 2.75) is 52.1 Å². The van der Waals surface area contributed by atoms with Crippen molar-refractivity contribution in [3.63, 3.8) is 0 Å². The van der Waals surface area contributed by atoms with Gasteiger partial charge in [-0.1, -0.05) is 13.8 Å². The predicted octanol–water partition coefficient (Wildman–Crippen LogP) is 3.45. The van der Waals surface area contributed by atoms with Gasteiger partial charge in [-0.15, -0.1) is 0 Å². The predicted molar refractivity (Wildman–Crippen MR) is 57.0 cm³/mol. The molecular formula is C8H22OSi2. The summed E-state index contributed by atoms with van der Waals surface area (Å²) in [6.07, 6.45) is 0. The third kappa shape index (κ3) is 4.77. The second-order valence-electron chi connectivity index (χ2n) is 4.37. The molecule has 0 fully saturated rings. The number of hydrogen-bond donors (Lipinski definition) is 0. The fraction of sp³-hybridized carbons (Fsp3) is 1.00. The Hall–Kier alpha value is 0.394. The zero-order valence-corrected chi connectivity index (χ0v) is 10.8. The van der Waals surface area contributed by atoms with Crippen LogP contribution >= 0.6 is 0 Å². The van der Waals surface area contributed by atoms with Crippen LogP contribution in [-0.2, 0) is 4.12 Å². The first kappa shape index (κ1) is 11.4. The van der Waals surface area contributed by atoms with Crippen molar-refractivity contribution in [1.82, 2.24) is 0 Å². The van der Waals surface area contributed by atoms with Crippen LogP contribution in [-0.4, -0.2) is 16.6 Å². The van der Waals surface area contributed by atoms with Gasteiger partial charge in [0.05, 0.1) is 0 Å². The molecule has 0 amide bonds. The molecular weight excluding hydrogens is 168 g/mol. The first-order valence-corrected chi connectivity index (χ1v) is 10.8. The maximum atomic E-state index is 6.20. The van der Waals surface area contributed by atoms with Gasteiger partial charge in [0.2, 0.25) is 0 Å². The van der Waals surface area contributed by atoms with E-state index in [0.717, 1.165) is 0 Å². The minimum absolute atomic E-state index is 1.26. The van der Waals surface area contributed by atoms with Crippen LogP contribution in [0.3, 0.4) is 0 Å². The van der Waals surface area contributed by atoms with Crippen molar-refractivity contribution in [1.29, 1.82) is 0 Å². The molecule has 0 saturated heterocycles. The summed E-state index contributed by atoms with van der Waals surface area (Å²) in [6.45, 7) is 13.7. The highest BCUT2D eigenvalue weighted by Crippen LogP contribution is 2.21. The Morgan fingerprint density at radius 2 is 1.27 bits per heavy atom. The molecule has 68 valence electrons. The van der Waals surface area contributed by atoms with Gasteiger partial charge < -0.3 is 4.12 Å². The van der Waals surface area contributed by atoms with E-state index in [1.807, 2.05) is 0 Å². The average Bonchev–Trinajstić information content (AvgIpc) is 1.84. The molecule has 0 N–H and O–H groups in total. The second kappa shape index (κ2) is 3.87. The Kier molecular flexibility index (Phi) is 4.01. The highest BCUT2D eigenvalue weighted by Gasteiger charge is 2.30. The molecule has 0 aromatic carbocycles. The lowest BCUT2D eigenvalue weighted by molar-refractivity contribution is 0.541. The lowest BCUT2D eigenvalue weighted by atomic mass is 10.9. The van der Waals surface area contributed by atoms with Gasteiger partial charge in [0.15, 0.2) is 16.6 Å². The summed E-state index contributed by atoms with van der Waals surface area (Å²) in [5, 5.41) is 0. The average molecular weight is 190 g/mol. The van der Waals surface area contributed by atoms with Crippen molar-refractivity contribution in [2.24, 2.45) is 0 Å². The molecule has 0 aromatic rings. The Morgan fingerprint density at radius 1 is 0.909 bits per heavy atom. The molecule has 0 spiro atoms. The largest absolute Gasteiger partial charge is 0.456 e. The van der Waals surface area contributed by atoms with E-state index in [1.165, 1.54) is 12.1 Å². The fourth-order valence-electron chi connectivity index (χ4n) is 1.13. The molecule has 0 saturated carbocycles. The Morgan fingerprint density at radius 3 is 1.36 bits per heavy atom. The Bertz CT molecular complexity index is 114. The summed E-state index contributed by atoms with van der Waals surface area (Å²) in [4.78, 5) is 0. The van der Waals surface area contributed by atoms with E-state index >= 15 is 0 Å². The molecule has 0 bridgehead atoms. The summed E-state index contributed by atoms with van der Waals surface area (Å²) >= 11 is 0. The maximum Gasteiger partial charge on any atom is 0.175 e. The molecule has 1 nitrogen and oxygen atoms in total. The van der Waals surface area contributed by atoms with Crippen LogP contribution in [0.4, 0.5) is 0 Å². The molecule has 0 aliphatic carbocycles. The smallest absolute Gasteiger partial charge is 0.175 e. The molecule has 0 radical (unpaired) electrons. The summed E-state index contributed by atoms with van der Waals surface area (Å²) in [6, 6.07) is 2.52. The van der Waals surface area contributed by atoms with Crippen LogP contribution in [0.5, 0.6) is 0 Å². The summed E-state index contributed by atoms with van der Waals surface area (Å²) in [7, 11) is -2.54. The van der Waals surface area contributed by atoms with Crippen LogP contribution in [0, 0.1) is 0 Å². The highest BCUT2D eigenvalue weighted by atomic mass is 28.4. The lowest BCUT2D eigenvalue weighted by Crippen LogP contribution is -2.43. The minimum atomic E-state index is -1.27. The van der Waals surface area contributed by atoms with Gasteiger partial charge in [0, 0.05) is 0 Å². The summed E-state index contributed by atoms with van der Waals surface area (Å²) in [5.74, 6) is 0. The van der Waals surface area contributed by atoms with Crippen LogP contribution in [0.1, 0.15) is 13.8 Å². The first-order valence-electron chi connectivity index (χ1n) is 4.53. The van der Waals surface area contributed by atoms with E-state index < -0.39 is 16.6 Å². The SMILES string of the molecule is CC[Si](C)(CC)O[Si](C)(C)C. The normalized spacial score (nSPS) is 13.6. The topological polar surface area (TPSA) is 9.23 Å². The summed E-state index contributed by atoms with van der Waals surface area (Å²) < 4.78 is 6.20. The van der Waals surface area contributed by atoms with Crippen molar-refractivity contribution in [2.75, 3.05) is 0 Å². The lowest BCUT2D eigenvalue weighted by Gasteiger charge is -2.32. The van der Waals surface area contributed by atoms with Gasteiger partial charge in [-0.2, -0.15) is 0 Å². The van der Waals surface area contributed by atoms with Crippen molar-refractivity contribution < 1.29 is 4.12 Å².